The molecular weight excluding hydrogens is 152 g/mol. The molecule has 0 aliphatic carbocycles. The molecule has 0 atom stereocenters. The van der Waals surface area contributed by atoms with Crippen molar-refractivity contribution < 1.29 is 4.79 Å². The Labute approximate surface area is 64.0 Å². The molecule has 0 aromatic rings. The Hall–Kier alpha value is -0.0700. The lowest BCUT2D eigenvalue weighted by Crippen LogP contribution is -1.73. The van der Waals surface area contributed by atoms with Crippen molar-refractivity contribution in [3.63, 3.8) is 0 Å². The third kappa shape index (κ3) is 7.93. The minimum atomic E-state index is 0.0548. The van der Waals surface area contributed by atoms with Crippen molar-refractivity contribution in [1.82, 2.24) is 0 Å². The lowest BCUT2D eigenvalue weighted by Gasteiger charge is -1.77. The lowest BCUT2D eigenvalue weighted by atomic mass is 10.9. The fourth-order valence-electron chi connectivity index (χ4n) is 0.194. The predicted octanol–water partition coefficient (Wildman–Crippen LogP) is 1.94. The minimum absolute atomic E-state index is 0.0548. The maximum absolute atomic E-state index is 10.3. The van der Waals surface area contributed by atoms with Crippen LogP contribution in [-0.4, -0.2) is 10.9 Å². The zero-order valence-electron chi connectivity index (χ0n) is 5.43. The topological polar surface area (TPSA) is 17.1 Å². The van der Waals surface area contributed by atoms with Gasteiger partial charge in [-0.25, -0.2) is 0 Å². The molecule has 0 aromatic carbocycles. The van der Waals surface area contributed by atoms with Crippen molar-refractivity contribution in [2.45, 2.75) is 13.8 Å². The Bertz CT molecular complexity index is 143. The Morgan fingerprint density at radius 2 is 2.22 bits per heavy atom. The molecule has 0 saturated carbocycles. The van der Waals surface area contributed by atoms with E-state index in [1.165, 1.54) is 18.7 Å². The minimum Gasteiger partial charge on any atom is -0.287 e. The summed E-state index contributed by atoms with van der Waals surface area (Å²) in [5, 5.41) is 5.50. The maximum Gasteiger partial charge on any atom is 0.198 e. The smallest absolute Gasteiger partial charge is 0.198 e. The summed E-state index contributed by atoms with van der Waals surface area (Å²) >= 11 is 2.57. The summed E-state index contributed by atoms with van der Waals surface area (Å²) in [4.78, 5) is 10.3. The summed E-state index contributed by atoms with van der Waals surface area (Å²) in [6, 6.07) is 0. The van der Waals surface area contributed by atoms with E-state index in [2.05, 4.69) is 10.5 Å². The summed E-state index contributed by atoms with van der Waals surface area (Å²) in [6.45, 7) is 3.54. The van der Waals surface area contributed by atoms with Gasteiger partial charge in [0.1, 0.15) is 0 Å². The van der Waals surface area contributed by atoms with Crippen molar-refractivity contribution in [2.75, 3.05) is 5.75 Å². The molecular formula is C6H8OS2. The molecule has 0 rings (SSSR count). The average molecular weight is 160 g/mol. The van der Waals surface area contributed by atoms with Crippen LogP contribution in [0, 0.1) is 10.5 Å². The van der Waals surface area contributed by atoms with Gasteiger partial charge in [-0.05, 0) is 10.5 Å². The highest BCUT2D eigenvalue weighted by atomic mass is 32.2. The van der Waals surface area contributed by atoms with Crippen LogP contribution in [0.3, 0.4) is 0 Å². The first kappa shape index (κ1) is 8.93. The Morgan fingerprint density at radius 1 is 1.56 bits per heavy atom. The van der Waals surface area contributed by atoms with E-state index in [4.69, 9.17) is 0 Å². The van der Waals surface area contributed by atoms with Gasteiger partial charge in [0.2, 0.25) is 0 Å². The lowest BCUT2D eigenvalue weighted by molar-refractivity contribution is -0.109. The van der Waals surface area contributed by atoms with Gasteiger partial charge < -0.3 is 0 Å². The van der Waals surface area contributed by atoms with Gasteiger partial charge in [0.25, 0.3) is 0 Å². The van der Waals surface area contributed by atoms with Crippen LogP contribution in [0.5, 0.6) is 0 Å². The van der Waals surface area contributed by atoms with Gasteiger partial charge in [0.15, 0.2) is 5.12 Å². The molecule has 0 aromatic heterocycles. The fourth-order valence-corrected chi connectivity index (χ4v) is 0.885. The molecule has 0 N–H and O–H groups in total. The first-order valence-corrected chi connectivity index (χ1v) is 4.36. The Kier molecular flexibility index (Phi) is 6.01. The van der Waals surface area contributed by atoms with Crippen LogP contribution in [0.25, 0.3) is 0 Å². The second-order valence-corrected chi connectivity index (χ2v) is 3.28. The highest BCUT2D eigenvalue weighted by molar-refractivity contribution is 8.18. The monoisotopic (exact) mass is 160 g/mol. The van der Waals surface area contributed by atoms with Gasteiger partial charge in [-0.15, -0.1) is 0 Å². The number of carbonyl (C=O) groups is 1. The van der Waals surface area contributed by atoms with Crippen LogP contribution in [0.1, 0.15) is 13.8 Å². The van der Waals surface area contributed by atoms with Gasteiger partial charge in [0.05, 0.1) is 0 Å². The van der Waals surface area contributed by atoms with Crippen molar-refractivity contribution >= 4 is 28.6 Å². The van der Waals surface area contributed by atoms with Gasteiger partial charge in [-0.1, -0.05) is 18.7 Å². The van der Waals surface area contributed by atoms with Gasteiger partial charge in [-0.2, -0.15) is 0 Å². The van der Waals surface area contributed by atoms with Crippen LogP contribution in [0.2, 0.25) is 0 Å². The third-order valence-corrected chi connectivity index (χ3v) is 1.61. The molecule has 0 radical (unpaired) electrons. The normalized spacial score (nSPS) is 7.78. The van der Waals surface area contributed by atoms with Crippen LogP contribution in [0.4, 0.5) is 0 Å². The zero-order valence-corrected chi connectivity index (χ0v) is 7.06. The third-order valence-electron chi connectivity index (χ3n) is 0.453. The highest BCUT2D eigenvalue weighted by Crippen LogP contribution is 2.00. The second-order valence-electron chi connectivity index (χ2n) is 1.23. The quantitative estimate of drug-likeness (QED) is 0.546. The van der Waals surface area contributed by atoms with Crippen LogP contribution >= 0.6 is 23.5 Å². The highest BCUT2D eigenvalue weighted by Gasteiger charge is 1.84. The van der Waals surface area contributed by atoms with E-state index in [1.807, 2.05) is 6.92 Å². The zero-order chi connectivity index (χ0) is 7.11. The van der Waals surface area contributed by atoms with Gasteiger partial charge >= 0.3 is 0 Å². The molecule has 0 unspecified atom stereocenters. The van der Waals surface area contributed by atoms with Crippen molar-refractivity contribution in [3.8, 4) is 10.5 Å². The molecule has 3 heteroatoms. The molecule has 0 amide bonds. The Balaban J connectivity index is 3.26. The van der Waals surface area contributed by atoms with Crippen molar-refractivity contribution in [2.24, 2.45) is 0 Å². The Morgan fingerprint density at radius 3 is 2.67 bits per heavy atom. The summed E-state index contributed by atoms with van der Waals surface area (Å²) < 4.78 is 0. The fraction of sp³-hybridized carbons (Fsp3) is 0.500. The van der Waals surface area contributed by atoms with E-state index in [-0.39, 0.29) is 5.12 Å². The number of hydrogen-bond acceptors (Lipinski definition) is 3. The summed E-state index contributed by atoms with van der Waals surface area (Å²) in [6.07, 6.45) is 0. The molecule has 1 nitrogen and oxygen atoms in total. The number of hydrogen-bond donors (Lipinski definition) is 0. The molecule has 0 bridgehead atoms. The van der Waals surface area contributed by atoms with Gasteiger partial charge in [0, 0.05) is 24.4 Å². The van der Waals surface area contributed by atoms with Crippen molar-refractivity contribution in [3.05, 3.63) is 0 Å². The number of carbonyl (C=O) groups excluding carboxylic acids is 1. The van der Waals surface area contributed by atoms with E-state index in [0.717, 1.165) is 17.5 Å². The van der Waals surface area contributed by atoms with E-state index in [9.17, 15) is 4.79 Å². The molecule has 0 spiro atoms. The van der Waals surface area contributed by atoms with E-state index in [0.29, 0.717) is 0 Å². The average Bonchev–Trinajstić information content (AvgIpc) is 1.80. The number of rotatable bonds is 1. The van der Waals surface area contributed by atoms with Crippen LogP contribution < -0.4 is 0 Å². The van der Waals surface area contributed by atoms with E-state index in [1.54, 1.807) is 0 Å². The molecule has 0 heterocycles. The first-order chi connectivity index (χ1) is 4.27. The SMILES string of the molecule is CCSC#CSC(C)=O. The van der Waals surface area contributed by atoms with E-state index < -0.39 is 0 Å². The molecule has 0 saturated heterocycles. The molecule has 9 heavy (non-hydrogen) atoms. The molecule has 0 aliphatic rings. The van der Waals surface area contributed by atoms with Crippen molar-refractivity contribution in [1.29, 1.82) is 0 Å². The van der Waals surface area contributed by atoms with E-state index >= 15 is 0 Å². The first-order valence-electron chi connectivity index (χ1n) is 2.56. The standard InChI is InChI=1S/C6H8OS2/c1-3-8-4-5-9-6(2)7/h3H2,1-2H3. The maximum atomic E-state index is 10.3. The van der Waals surface area contributed by atoms with Crippen LogP contribution in [0.15, 0.2) is 0 Å². The van der Waals surface area contributed by atoms with Gasteiger partial charge in [-0.3, -0.25) is 4.79 Å². The summed E-state index contributed by atoms with van der Waals surface area (Å²) in [5.74, 6) is 0.978. The summed E-state index contributed by atoms with van der Waals surface area (Å²) in [7, 11) is 0. The van der Waals surface area contributed by atoms with Crippen LogP contribution in [-0.2, 0) is 4.79 Å². The molecule has 50 valence electrons. The summed E-state index contributed by atoms with van der Waals surface area (Å²) in [5.41, 5.74) is 0. The second kappa shape index (κ2) is 6.06. The molecule has 0 fully saturated rings. The molecule has 0 aliphatic heterocycles. The predicted molar refractivity (Wildman–Crippen MR) is 44.2 cm³/mol. The largest absolute Gasteiger partial charge is 0.287 e. The number of thioether (sulfide) groups is 2.